The van der Waals surface area contributed by atoms with E-state index in [9.17, 15) is 9.18 Å². The first-order chi connectivity index (χ1) is 7.08. The summed E-state index contributed by atoms with van der Waals surface area (Å²) in [5, 5.41) is 2.68. The smallest absolute Gasteiger partial charge is 0.223 e. The van der Waals surface area contributed by atoms with Crippen LogP contribution in [0.1, 0.15) is 33.1 Å². The molecule has 0 heterocycles. The monoisotopic (exact) mass is 211 g/mol. The van der Waals surface area contributed by atoms with Gasteiger partial charge in [-0.15, -0.1) is 0 Å². The maximum Gasteiger partial charge on any atom is 0.223 e. The molecule has 0 bridgehead atoms. The van der Waals surface area contributed by atoms with E-state index in [-0.39, 0.29) is 24.2 Å². The number of hydrogen-bond donors (Lipinski definition) is 1. The molecular weight excluding hydrogens is 193 g/mol. The minimum absolute atomic E-state index is 0.0404. The van der Waals surface area contributed by atoms with Crippen LogP contribution in [0.3, 0.4) is 0 Å². The fourth-order valence-electron chi connectivity index (χ4n) is 2.41. The molecule has 2 aliphatic carbocycles. The SMILES string of the molecule is CC(C)=C(F)CNC(=O)C1CC2CC2C1. The lowest BCUT2D eigenvalue weighted by Crippen LogP contribution is -2.31. The van der Waals surface area contributed by atoms with Crippen LogP contribution in [0.5, 0.6) is 0 Å². The van der Waals surface area contributed by atoms with Crippen LogP contribution in [-0.2, 0) is 4.79 Å². The fourth-order valence-corrected chi connectivity index (χ4v) is 2.41. The van der Waals surface area contributed by atoms with Crippen molar-refractivity contribution in [2.24, 2.45) is 17.8 Å². The number of carbonyl (C=O) groups excluding carboxylic acids is 1. The third-order valence-electron chi connectivity index (χ3n) is 3.57. The zero-order valence-corrected chi connectivity index (χ0v) is 9.35. The number of halogens is 1. The van der Waals surface area contributed by atoms with Crippen molar-refractivity contribution in [3.8, 4) is 0 Å². The molecule has 3 heteroatoms. The number of carbonyl (C=O) groups is 1. The number of rotatable bonds is 3. The molecule has 2 rings (SSSR count). The highest BCUT2D eigenvalue weighted by molar-refractivity contribution is 5.79. The first kappa shape index (κ1) is 10.7. The van der Waals surface area contributed by atoms with Crippen LogP contribution < -0.4 is 5.32 Å². The van der Waals surface area contributed by atoms with Gasteiger partial charge in [-0.3, -0.25) is 4.79 Å². The van der Waals surface area contributed by atoms with E-state index in [4.69, 9.17) is 0 Å². The average Bonchev–Trinajstić information content (AvgIpc) is 2.81. The van der Waals surface area contributed by atoms with Crippen molar-refractivity contribution in [2.75, 3.05) is 6.54 Å². The first-order valence-electron chi connectivity index (χ1n) is 5.67. The number of hydrogen-bond acceptors (Lipinski definition) is 1. The van der Waals surface area contributed by atoms with Gasteiger partial charge in [-0.1, -0.05) is 0 Å². The summed E-state index contributed by atoms with van der Waals surface area (Å²) in [4.78, 5) is 11.6. The van der Waals surface area contributed by atoms with Crippen LogP contribution in [0.4, 0.5) is 4.39 Å². The van der Waals surface area contributed by atoms with Gasteiger partial charge in [-0.2, -0.15) is 0 Å². The predicted octanol–water partition coefficient (Wildman–Crippen LogP) is 2.41. The van der Waals surface area contributed by atoms with Crippen molar-refractivity contribution in [2.45, 2.75) is 33.1 Å². The molecule has 2 unspecified atom stereocenters. The van der Waals surface area contributed by atoms with E-state index < -0.39 is 0 Å². The largest absolute Gasteiger partial charge is 0.349 e. The Morgan fingerprint density at radius 2 is 1.87 bits per heavy atom. The molecular formula is C12H18FNO. The van der Waals surface area contributed by atoms with Gasteiger partial charge >= 0.3 is 0 Å². The highest BCUT2D eigenvalue weighted by Gasteiger charge is 2.47. The molecule has 0 aliphatic heterocycles. The summed E-state index contributed by atoms with van der Waals surface area (Å²) in [6.45, 7) is 3.49. The van der Waals surface area contributed by atoms with Crippen LogP contribution in [0.15, 0.2) is 11.4 Å². The Morgan fingerprint density at radius 3 is 2.40 bits per heavy atom. The van der Waals surface area contributed by atoms with E-state index in [0.717, 1.165) is 24.7 Å². The lowest BCUT2D eigenvalue weighted by atomic mass is 10.0. The lowest BCUT2D eigenvalue weighted by molar-refractivity contribution is -0.125. The Hall–Kier alpha value is -0.860. The molecule has 0 radical (unpaired) electrons. The topological polar surface area (TPSA) is 29.1 Å². The molecule has 0 aromatic rings. The molecule has 0 aromatic heterocycles. The molecule has 2 saturated carbocycles. The first-order valence-corrected chi connectivity index (χ1v) is 5.67. The molecule has 2 aliphatic rings. The van der Waals surface area contributed by atoms with E-state index in [1.54, 1.807) is 13.8 Å². The molecule has 0 spiro atoms. The minimum Gasteiger partial charge on any atom is -0.349 e. The fraction of sp³-hybridized carbons (Fsp3) is 0.750. The lowest BCUT2D eigenvalue weighted by Gasteiger charge is -2.11. The second kappa shape index (κ2) is 3.95. The van der Waals surface area contributed by atoms with E-state index in [1.165, 1.54) is 6.42 Å². The van der Waals surface area contributed by atoms with Crippen molar-refractivity contribution < 1.29 is 9.18 Å². The summed E-state index contributed by atoms with van der Waals surface area (Å²) < 4.78 is 13.1. The van der Waals surface area contributed by atoms with Crippen molar-refractivity contribution in [1.29, 1.82) is 0 Å². The van der Waals surface area contributed by atoms with Crippen LogP contribution in [0.25, 0.3) is 0 Å². The van der Waals surface area contributed by atoms with Gasteiger partial charge in [0.25, 0.3) is 0 Å². The summed E-state index contributed by atoms with van der Waals surface area (Å²) >= 11 is 0. The molecule has 2 fully saturated rings. The molecule has 0 aromatic carbocycles. The number of fused-ring (bicyclic) bond motifs is 1. The summed E-state index contributed by atoms with van der Waals surface area (Å²) in [6.07, 6.45) is 3.35. The van der Waals surface area contributed by atoms with Crippen LogP contribution >= 0.6 is 0 Å². The number of allylic oxidation sites excluding steroid dienone is 1. The maximum atomic E-state index is 13.1. The normalized spacial score (nSPS) is 32.1. The maximum absolute atomic E-state index is 13.1. The van der Waals surface area contributed by atoms with Gasteiger partial charge in [0, 0.05) is 5.92 Å². The third kappa shape index (κ3) is 2.39. The summed E-state index contributed by atoms with van der Waals surface area (Å²) in [5.41, 5.74) is 0.643. The zero-order chi connectivity index (χ0) is 11.0. The Kier molecular flexibility index (Phi) is 2.81. The molecule has 15 heavy (non-hydrogen) atoms. The summed E-state index contributed by atoms with van der Waals surface area (Å²) in [6, 6.07) is 0. The standard InChI is InChI=1S/C12H18FNO/c1-7(2)11(13)6-14-12(15)10-4-8-3-9(8)5-10/h8-10H,3-6H2,1-2H3,(H,14,15). The van der Waals surface area contributed by atoms with Gasteiger partial charge in [0.15, 0.2) is 0 Å². The van der Waals surface area contributed by atoms with E-state index in [0.29, 0.717) is 5.57 Å². The quantitative estimate of drug-likeness (QED) is 0.763. The number of amides is 1. The van der Waals surface area contributed by atoms with Gasteiger partial charge < -0.3 is 5.32 Å². The number of nitrogens with one attached hydrogen (secondary N) is 1. The Labute approximate surface area is 89.9 Å². The van der Waals surface area contributed by atoms with Crippen molar-refractivity contribution in [1.82, 2.24) is 5.32 Å². The van der Waals surface area contributed by atoms with Crippen molar-refractivity contribution in [3.05, 3.63) is 11.4 Å². The second-order valence-electron chi connectivity index (χ2n) is 5.05. The second-order valence-corrected chi connectivity index (χ2v) is 5.05. The highest BCUT2D eigenvalue weighted by Crippen LogP contribution is 2.54. The molecule has 2 atom stereocenters. The molecule has 0 saturated heterocycles. The van der Waals surface area contributed by atoms with Crippen molar-refractivity contribution in [3.63, 3.8) is 0 Å². The van der Waals surface area contributed by atoms with Gasteiger partial charge in [0.1, 0.15) is 5.83 Å². The predicted molar refractivity (Wildman–Crippen MR) is 56.8 cm³/mol. The van der Waals surface area contributed by atoms with Gasteiger partial charge in [-0.05, 0) is 50.5 Å². The van der Waals surface area contributed by atoms with Crippen LogP contribution in [0, 0.1) is 17.8 Å². The summed E-state index contributed by atoms with van der Waals surface area (Å²) in [5.74, 6) is 1.58. The van der Waals surface area contributed by atoms with Crippen LogP contribution in [-0.4, -0.2) is 12.5 Å². The van der Waals surface area contributed by atoms with Gasteiger partial charge in [-0.25, -0.2) is 4.39 Å². The third-order valence-corrected chi connectivity index (χ3v) is 3.57. The Bertz CT molecular complexity index is 297. The minimum atomic E-state index is -0.216. The average molecular weight is 211 g/mol. The van der Waals surface area contributed by atoms with E-state index in [2.05, 4.69) is 5.32 Å². The van der Waals surface area contributed by atoms with Crippen LogP contribution in [0.2, 0.25) is 0 Å². The molecule has 2 nitrogen and oxygen atoms in total. The summed E-state index contributed by atoms with van der Waals surface area (Å²) in [7, 11) is 0. The Morgan fingerprint density at radius 1 is 1.27 bits per heavy atom. The van der Waals surface area contributed by atoms with E-state index in [1.807, 2.05) is 0 Å². The molecule has 1 N–H and O–H groups in total. The molecule has 84 valence electrons. The van der Waals surface area contributed by atoms with Gasteiger partial charge in [0.2, 0.25) is 5.91 Å². The zero-order valence-electron chi connectivity index (χ0n) is 9.35. The van der Waals surface area contributed by atoms with E-state index >= 15 is 0 Å². The van der Waals surface area contributed by atoms with Gasteiger partial charge in [0.05, 0.1) is 6.54 Å². The highest BCUT2D eigenvalue weighted by atomic mass is 19.1. The Balaban J connectivity index is 1.75. The molecule has 1 amide bonds. The van der Waals surface area contributed by atoms with Crippen molar-refractivity contribution >= 4 is 5.91 Å².